The van der Waals surface area contributed by atoms with Crippen molar-refractivity contribution in [3.63, 3.8) is 0 Å². The molecule has 0 unspecified atom stereocenters. The van der Waals surface area contributed by atoms with Crippen LogP contribution in [0.3, 0.4) is 0 Å². The van der Waals surface area contributed by atoms with Gasteiger partial charge in [-0.2, -0.15) is 0 Å². The van der Waals surface area contributed by atoms with Crippen molar-refractivity contribution in [3.8, 4) is 5.75 Å². The van der Waals surface area contributed by atoms with E-state index in [4.69, 9.17) is 51.1 Å². The van der Waals surface area contributed by atoms with Crippen LogP contribution in [0.2, 0.25) is 20.1 Å². The Morgan fingerprint density at radius 2 is 1.47 bits per heavy atom. The maximum absolute atomic E-state index is 13.2. The smallest absolute Gasteiger partial charge is 0.316 e. The van der Waals surface area contributed by atoms with E-state index in [1.165, 1.54) is 47.4 Å². The summed E-state index contributed by atoms with van der Waals surface area (Å²) in [5, 5.41) is -0.633. The molecule has 0 aliphatic carbocycles. The Hall–Kier alpha value is -3.17. The van der Waals surface area contributed by atoms with Crippen LogP contribution < -0.4 is 14.5 Å². The zero-order chi connectivity index (χ0) is 27.5. The summed E-state index contributed by atoms with van der Waals surface area (Å²) < 4.78 is 18.7. The predicted octanol–water partition coefficient (Wildman–Crippen LogP) is 6.51. The summed E-state index contributed by atoms with van der Waals surface area (Å²) in [6.45, 7) is 1.71. The zero-order valence-electron chi connectivity index (χ0n) is 19.4. The van der Waals surface area contributed by atoms with Gasteiger partial charge in [-0.25, -0.2) is 9.29 Å². The van der Waals surface area contributed by atoms with E-state index in [1.54, 1.807) is 6.92 Å². The Balaban J connectivity index is 1.35. The van der Waals surface area contributed by atoms with Crippen LogP contribution >= 0.6 is 46.4 Å². The topological polar surface area (TPSA) is 84.0 Å². The second-order valence-electron chi connectivity index (χ2n) is 8.70. The number of ether oxygens (including phenoxy) is 1. The molecule has 0 saturated carbocycles. The van der Waals surface area contributed by atoms with E-state index in [2.05, 4.69) is 0 Å². The molecule has 38 heavy (non-hydrogen) atoms. The number of nitrogens with zero attached hydrogens (tertiary/aromatic N) is 2. The first-order valence-electron chi connectivity index (χ1n) is 11.1. The number of halogens is 5. The van der Waals surface area contributed by atoms with Crippen molar-refractivity contribution < 1.29 is 28.3 Å². The summed E-state index contributed by atoms with van der Waals surface area (Å²) in [5.74, 6) is -3.38. The lowest BCUT2D eigenvalue weighted by atomic mass is 10.1. The van der Waals surface area contributed by atoms with Gasteiger partial charge in [-0.1, -0.05) is 46.4 Å². The average Bonchev–Trinajstić information content (AvgIpc) is 3.39. The molecule has 12 heteroatoms. The molecule has 2 aliphatic heterocycles. The molecule has 7 nitrogen and oxygen atoms in total. The lowest BCUT2D eigenvalue weighted by molar-refractivity contribution is -0.139. The number of carbonyl (C=O) groups is 4. The molecule has 194 valence electrons. The van der Waals surface area contributed by atoms with Crippen LogP contribution in [0, 0.1) is 18.7 Å². The Morgan fingerprint density at radius 3 is 2.03 bits per heavy atom. The second-order valence-corrected chi connectivity index (χ2v) is 10.2. The van der Waals surface area contributed by atoms with Gasteiger partial charge in [0, 0.05) is 18.7 Å². The number of fused-ring (bicyclic) bond motifs is 1. The quantitative estimate of drug-likeness (QED) is 0.113. The first-order chi connectivity index (χ1) is 18.0. The van der Waals surface area contributed by atoms with Crippen molar-refractivity contribution in [2.24, 2.45) is 5.92 Å². The molecule has 3 aromatic rings. The highest BCUT2D eigenvalue weighted by atomic mass is 35.5. The number of hydrogen-bond donors (Lipinski definition) is 0. The van der Waals surface area contributed by atoms with Crippen molar-refractivity contribution in [2.75, 3.05) is 16.3 Å². The van der Waals surface area contributed by atoms with E-state index in [0.717, 1.165) is 4.90 Å². The molecule has 0 spiro atoms. The molecule has 1 saturated heterocycles. The van der Waals surface area contributed by atoms with Crippen LogP contribution in [0.1, 0.15) is 32.7 Å². The van der Waals surface area contributed by atoms with Gasteiger partial charge in [-0.05, 0) is 55.0 Å². The number of rotatable bonds is 4. The molecule has 1 atom stereocenters. The van der Waals surface area contributed by atoms with Crippen molar-refractivity contribution in [1.82, 2.24) is 0 Å². The molecular formula is C26H15Cl4FN2O5. The normalized spacial score (nSPS) is 16.9. The highest BCUT2D eigenvalue weighted by Gasteiger charge is 2.43. The van der Waals surface area contributed by atoms with Crippen molar-refractivity contribution in [3.05, 3.63) is 85.1 Å². The summed E-state index contributed by atoms with van der Waals surface area (Å²) in [5.41, 5.74) is 0.833. The summed E-state index contributed by atoms with van der Waals surface area (Å²) >= 11 is 24.5. The highest BCUT2D eigenvalue weighted by Crippen LogP contribution is 2.46. The zero-order valence-corrected chi connectivity index (χ0v) is 22.4. The van der Waals surface area contributed by atoms with Crippen LogP contribution in [0.15, 0.2) is 42.5 Å². The van der Waals surface area contributed by atoms with Gasteiger partial charge < -0.3 is 9.64 Å². The van der Waals surface area contributed by atoms with Gasteiger partial charge in [-0.15, -0.1) is 0 Å². The van der Waals surface area contributed by atoms with Gasteiger partial charge in [0.1, 0.15) is 11.6 Å². The van der Waals surface area contributed by atoms with Gasteiger partial charge >= 0.3 is 5.97 Å². The third-order valence-electron chi connectivity index (χ3n) is 6.33. The number of imide groups is 1. The number of hydrogen-bond acceptors (Lipinski definition) is 5. The fourth-order valence-electron chi connectivity index (χ4n) is 4.45. The van der Waals surface area contributed by atoms with Gasteiger partial charge in [0.25, 0.3) is 11.8 Å². The predicted molar refractivity (Wildman–Crippen MR) is 141 cm³/mol. The van der Waals surface area contributed by atoms with Crippen molar-refractivity contribution in [2.45, 2.75) is 13.3 Å². The monoisotopic (exact) mass is 594 g/mol. The van der Waals surface area contributed by atoms with Gasteiger partial charge in [0.2, 0.25) is 5.91 Å². The highest BCUT2D eigenvalue weighted by molar-refractivity contribution is 6.56. The van der Waals surface area contributed by atoms with Crippen LogP contribution in [-0.4, -0.2) is 30.2 Å². The minimum Gasteiger partial charge on any atom is -0.426 e. The molecular weight excluding hydrogens is 581 g/mol. The van der Waals surface area contributed by atoms with E-state index in [9.17, 15) is 23.6 Å². The molecule has 0 radical (unpaired) electrons. The molecule has 0 bridgehead atoms. The molecule has 5 rings (SSSR count). The summed E-state index contributed by atoms with van der Waals surface area (Å²) in [6.07, 6.45) is -0.0606. The largest absolute Gasteiger partial charge is 0.426 e. The van der Waals surface area contributed by atoms with Gasteiger partial charge in [0.15, 0.2) is 0 Å². The first-order valence-corrected chi connectivity index (χ1v) is 12.6. The molecule has 3 amide bonds. The molecule has 2 aliphatic rings. The molecule has 2 heterocycles. The minimum absolute atomic E-state index is 0.0606. The lowest BCUT2D eigenvalue weighted by Crippen LogP contribution is -2.30. The fourth-order valence-corrected chi connectivity index (χ4v) is 5.46. The van der Waals surface area contributed by atoms with Crippen molar-refractivity contribution in [1.29, 1.82) is 0 Å². The number of carbonyl (C=O) groups excluding carboxylic acids is 4. The number of benzene rings is 3. The maximum atomic E-state index is 13.2. The summed E-state index contributed by atoms with van der Waals surface area (Å²) in [7, 11) is 0. The van der Waals surface area contributed by atoms with E-state index in [0.29, 0.717) is 11.3 Å². The third kappa shape index (κ3) is 4.31. The molecule has 0 aromatic heterocycles. The first kappa shape index (κ1) is 26.4. The fraction of sp³-hybridized carbons (Fsp3) is 0.154. The van der Waals surface area contributed by atoms with Crippen LogP contribution in [0.4, 0.5) is 15.8 Å². The summed E-state index contributed by atoms with van der Waals surface area (Å²) in [6, 6.07) is 9.73. The number of anilines is 2. The van der Waals surface area contributed by atoms with Crippen LogP contribution in [-0.2, 0) is 9.59 Å². The molecule has 1 fully saturated rings. The standard InChI is InChI=1S/C26H15Cl4FN2O5/c1-11-8-15(38-26(37)12-9-17(34)32(10-12)14-4-2-13(31)3-5-14)6-7-16(11)33-24(35)18-19(25(33)36)21(28)23(30)22(29)20(18)27/h2-8,12H,9-10H2,1H3/t12-/m0/s1. The lowest BCUT2D eigenvalue weighted by Gasteiger charge is -2.18. The van der Waals surface area contributed by atoms with E-state index < -0.39 is 29.5 Å². The Labute approximate surface area is 235 Å². The SMILES string of the molecule is Cc1cc(OC(=O)[C@H]2CC(=O)N(c3ccc(F)cc3)C2)ccc1N1C(=O)c2c(Cl)c(Cl)c(Cl)c(Cl)c2C1=O. The average molecular weight is 596 g/mol. The third-order valence-corrected chi connectivity index (χ3v) is 8.13. The molecule has 3 aromatic carbocycles. The summed E-state index contributed by atoms with van der Waals surface area (Å²) in [4.78, 5) is 53.8. The van der Waals surface area contributed by atoms with Crippen molar-refractivity contribution >= 4 is 81.5 Å². The van der Waals surface area contributed by atoms with Gasteiger partial charge in [0.05, 0.1) is 42.8 Å². The Kier molecular flexibility index (Phi) is 6.86. The van der Waals surface area contributed by atoms with E-state index in [1.807, 2.05) is 0 Å². The number of esters is 1. The Morgan fingerprint density at radius 1 is 0.895 bits per heavy atom. The minimum atomic E-state index is -0.734. The van der Waals surface area contributed by atoms with Crippen LogP contribution in [0.25, 0.3) is 0 Å². The second kappa shape index (κ2) is 9.85. The number of amides is 3. The van der Waals surface area contributed by atoms with Crippen LogP contribution in [0.5, 0.6) is 5.75 Å². The van der Waals surface area contributed by atoms with E-state index in [-0.39, 0.29) is 61.5 Å². The number of aryl methyl sites for hydroxylation is 1. The molecule has 0 N–H and O–H groups in total. The Bertz CT molecular complexity index is 1510. The van der Waals surface area contributed by atoms with Gasteiger partial charge in [-0.3, -0.25) is 19.2 Å². The maximum Gasteiger partial charge on any atom is 0.316 e. The van der Waals surface area contributed by atoms with E-state index >= 15 is 0 Å².